The lowest BCUT2D eigenvalue weighted by Crippen LogP contribution is -2.40. The van der Waals surface area contributed by atoms with Crippen LogP contribution in [-0.4, -0.2) is 38.9 Å². The van der Waals surface area contributed by atoms with Gasteiger partial charge in [0.2, 0.25) is 0 Å². The Labute approximate surface area is 117 Å². The van der Waals surface area contributed by atoms with Crippen molar-refractivity contribution in [3.8, 4) is 0 Å². The highest BCUT2D eigenvalue weighted by Gasteiger charge is 2.11. The van der Waals surface area contributed by atoms with E-state index in [2.05, 4.69) is 50.8 Å². The van der Waals surface area contributed by atoms with E-state index in [0.29, 0.717) is 6.10 Å². The van der Waals surface area contributed by atoms with Crippen LogP contribution in [0.15, 0.2) is 28.7 Å². The summed E-state index contributed by atoms with van der Waals surface area (Å²) in [5.41, 5.74) is 1.38. The lowest BCUT2D eigenvalue weighted by Gasteiger charge is -2.23. The second-order valence-corrected chi connectivity index (χ2v) is 5.53. The van der Waals surface area contributed by atoms with Crippen LogP contribution < -0.4 is 10.6 Å². The van der Waals surface area contributed by atoms with Gasteiger partial charge in [-0.2, -0.15) is 0 Å². The number of hydrogen-bond donors (Lipinski definition) is 2. The molecule has 1 unspecified atom stereocenters. The molecule has 4 heteroatoms. The van der Waals surface area contributed by atoms with Gasteiger partial charge in [-0.1, -0.05) is 28.1 Å². The van der Waals surface area contributed by atoms with Gasteiger partial charge in [-0.15, -0.1) is 0 Å². The summed E-state index contributed by atoms with van der Waals surface area (Å²) < 4.78 is 6.79. The van der Waals surface area contributed by atoms with Gasteiger partial charge in [-0.25, -0.2) is 0 Å². The summed E-state index contributed by atoms with van der Waals surface area (Å²) in [5, 5.41) is 6.83. The summed E-state index contributed by atoms with van der Waals surface area (Å²) in [5.74, 6) is 0. The van der Waals surface area contributed by atoms with E-state index in [-0.39, 0.29) is 0 Å². The van der Waals surface area contributed by atoms with Crippen molar-refractivity contribution in [3.63, 3.8) is 0 Å². The molecule has 0 spiro atoms. The van der Waals surface area contributed by atoms with Crippen molar-refractivity contribution in [2.45, 2.75) is 18.9 Å². The molecule has 100 valence electrons. The van der Waals surface area contributed by atoms with Crippen molar-refractivity contribution in [1.82, 2.24) is 10.6 Å². The van der Waals surface area contributed by atoms with Gasteiger partial charge < -0.3 is 15.4 Å². The molecule has 1 fully saturated rings. The zero-order valence-corrected chi connectivity index (χ0v) is 12.2. The van der Waals surface area contributed by atoms with Crippen LogP contribution >= 0.6 is 15.9 Å². The van der Waals surface area contributed by atoms with Crippen LogP contribution in [0, 0.1) is 0 Å². The van der Waals surface area contributed by atoms with Crippen molar-refractivity contribution in [1.29, 1.82) is 0 Å². The molecule has 2 rings (SSSR count). The van der Waals surface area contributed by atoms with E-state index in [1.165, 1.54) is 5.56 Å². The van der Waals surface area contributed by atoms with Gasteiger partial charge in [-0.05, 0) is 43.6 Å². The monoisotopic (exact) mass is 312 g/mol. The van der Waals surface area contributed by atoms with E-state index in [4.69, 9.17) is 4.74 Å². The Morgan fingerprint density at radius 1 is 1.28 bits per heavy atom. The molecule has 0 bridgehead atoms. The molecular weight excluding hydrogens is 292 g/mol. The third kappa shape index (κ3) is 5.06. The van der Waals surface area contributed by atoms with Gasteiger partial charge >= 0.3 is 0 Å². The van der Waals surface area contributed by atoms with Gasteiger partial charge in [-0.3, -0.25) is 0 Å². The van der Waals surface area contributed by atoms with Crippen LogP contribution in [0.1, 0.15) is 12.0 Å². The number of halogens is 1. The largest absolute Gasteiger partial charge is 0.376 e. The lowest BCUT2D eigenvalue weighted by atomic mass is 10.1. The maximum absolute atomic E-state index is 5.65. The van der Waals surface area contributed by atoms with Crippen molar-refractivity contribution in [2.24, 2.45) is 0 Å². The summed E-state index contributed by atoms with van der Waals surface area (Å²) >= 11 is 3.45. The highest BCUT2D eigenvalue weighted by atomic mass is 79.9. The molecule has 2 N–H and O–H groups in total. The third-order valence-electron chi connectivity index (χ3n) is 3.15. The normalized spacial score (nSPS) is 19.9. The number of nitrogens with one attached hydrogen (secondary N) is 2. The molecule has 0 aliphatic carbocycles. The molecule has 18 heavy (non-hydrogen) atoms. The van der Waals surface area contributed by atoms with Crippen molar-refractivity contribution < 1.29 is 4.74 Å². The standard InChI is InChI=1S/C14H21BrN2O/c15-13-3-1-12(2-4-13)5-7-16-8-6-14-11-17-9-10-18-14/h1-4,14,16-17H,5-11H2. The quantitative estimate of drug-likeness (QED) is 0.788. The van der Waals surface area contributed by atoms with Crippen molar-refractivity contribution >= 4 is 15.9 Å². The Morgan fingerprint density at radius 3 is 2.83 bits per heavy atom. The molecule has 1 atom stereocenters. The first kappa shape index (κ1) is 14.0. The molecule has 0 aromatic heterocycles. The maximum atomic E-state index is 5.65. The average Bonchev–Trinajstić information content (AvgIpc) is 2.42. The van der Waals surface area contributed by atoms with E-state index in [1.807, 2.05) is 0 Å². The van der Waals surface area contributed by atoms with Gasteiger partial charge in [0.1, 0.15) is 0 Å². The van der Waals surface area contributed by atoms with Crippen LogP contribution in [0.25, 0.3) is 0 Å². The Morgan fingerprint density at radius 2 is 2.11 bits per heavy atom. The van der Waals surface area contributed by atoms with Gasteiger partial charge in [0, 0.05) is 17.6 Å². The van der Waals surface area contributed by atoms with Gasteiger partial charge in [0.15, 0.2) is 0 Å². The fourth-order valence-corrected chi connectivity index (χ4v) is 2.34. The molecule has 1 aromatic rings. The Balaban J connectivity index is 1.54. The molecule has 1 aliphatic heterocycles. The topological polar surface area (TPSA) is 33.3 Å². The molecular formula is C14H21BrN2O. The number of rotatable bonds is 6. The van der Waals surface area contributed by atoms with E-state index in [9.17, 15) is 0 Å². The second kappa shape index (κ2) is 7.89. The third-order valence-corrected chi connectivity index (χ3v) is 3.68. The second-order valence-electron chi connectivity index (χ2n) is 4.61. The summed E-state index contributed by atoms with van der Waals surface area (Å²) in [7, 11) is 0. The fraction of sp³-hybridized carbons (Fsp3) is 0.571. The molecule has 0 radical (unpaired) electrons. The van der Waals surface area contributed by atoms with Crippen LogP contribution in [0.4, 0.5) is 0 Å². The smallest absolute Gasteiger partial charge is 0.0712 e. The lowest BCUT2D eigenvalue weighted by molar-refractivity contribution is 0.0239. The Bertz CT molecular complexity index is 336. The predicted molar refractivity (Wildman–Crippen MR) is 77.9 cm³/mol. The highest BCUT2D eigenvalue weighted by molar-refractivity contribution is 9.10. The van der Waals surface area contributed by atoms with E-state index < -0.39 is 0 Å². The Hall–Kier alpha value is -0.420. The first-order valence-electron chi connectivity index (χ1n) is 6.62. The maximum Gasteiger partial charge on any atom is 0.0712 e. The first-order chi connectivity index (χ1) is 8.84. The van der Waals surface area contributed by atoms with Crippen LogP contribution in [0.3, 0.4) is 0 Å². The molecule has 0 amide bonds. The van der Waals surface area contributed by atoms with Gasteiger partial charge in [0.05, 0.1) is 12.7 Å². The number of hydrogen-bond acceptors (Lipinski definition) is 3. The molecule has 1 aliphatic rings. The summed E-state index contributed by atoms with van der Waals surface area (Å²) in [4.78, 5) is 0. The van der Waals surface area contributed by atoms with Crippen LogP contribution in [0.5, 0.6) is 0 Å². The number of benzene rings is 1. The zero-order valence-electron chi connectivity index (χ0n) is 10.6. The SMILES string of the molecule is Brc1ccc(CCNCCC2CNCCO2)cc1. The van der Waals surface area contributed by atoms with E-state index >= 15 is 0 Å². The minimum atomic E-state index is 0.388. The average molecular weight is 313 g/mol. The minimum Gasteiger partial charge on any atom is -0.376 e. The first-order valence-corrected chi connectivity index (χ1v) is 7.41. The van der Waals surface area contributed by atoms with Crippen molar-refractivity contribution in [2.75, 3.05) is 32.8 Å². The van der Waals surface area contributed by atoms with E-state index in [1.54, 1.807) is 0 Å². The minimum absolute atomic E-state index is 0.388. The van der Waals surface area contributed by atoms with Crippen LogP contribution in [0.2, 0.25) is 0 Å². The molecule has 3 nitrogen and oxygen atoms in total. The molecule has 1 aromatic carbocycles. The fourth-order valence-electron chi connectivity index (χ4n) is 2.08. The zero-order chi connectivity index (χ0) is 12.6. The molecule has 1 saturated heterocycles. The Kier molecular flexibility index (Phi) is 6.14. The summed E-state index contributed by atoms with van der Waals surface area (Å²) in [6.45, 7) is 4.90. The summed E-state index contributed by atoms with van der Waals surface area (Å²) in [6.07, 6.45) is 2.56. The number of ether oxygens (including phenoxy) is 1. The molecule has 0 saturated carbocycles. The number of morpholine rings is 1. The van der Waals surface area contributed by atoms with Gasteiger partial charge in [0.25, 0.3) is 0 Å². The van der Waals surface area contributed by atoms with E-state index in [0.717, 1.165) is 50.1 Å². The van der Waals surface area contributed by atoms with Crippen LogP contribution in [-0.2, 0) is 11.2 Å². The predicted octanol–water partition coefficient (Wildman–Crippen LogP) is 1.96. The molecule has 1 heterocycles. The van der Waals surface area contributed by atoms with Crippen molar-refractivity contribution in [3.05, 3.63) is 34.3 Å². The summed E-state index contributed by atoms with van der Waals surface area (Å²) in [6, 6.07) is 8.52. The highest BCUT2D eigenvalue weighted by Crippen LogP contribution is 2.10.